The molecule has 0 spiro atoms. The maximum absolute atomic E-state index is 14.3. The van der Waals surface area contributed by atoms with E-state index in [0.717, 1.165) is 45.3 Å². The van der Waals surface area contributed by atoms with Gasteiger partial charge in [0.15, 0.2) is 5.69 Å². The maximum atomic E-state index is 14.3. The van der Waals surface area contributed by atoms with Gasteiger partial charge in [0.05, 0.1) is 42.2 Å². The average molecular weight is 1290 g/mol. The Bertz CT molecular complexity index is 3970. The van der Waals surface area contributed by atoms with Gasteiger partial charge in [-0.2, -0.15) is 0 Å². The summed E-state index contributed by atoms with van der Waals surface area (Å²) in [4.78, 5) is 145. The number of esters is 1. The highest BCUT2D eigenvalue weighted by molar-refractivity contribution is 7.15. The molecule has 7 N–H and O–H groups in total. The van der Waals surface area contributed by atoms with Crippen LogP contribution in [0.15, 0.2) is 64.0 Å². The average Bonchev–Trinajstić information content (AvgIpc) is 2.79. The summed E-state index contributed by atoms with van der Waals surface area (Å²) in [6, 6.07) is 7.72. The minimum absolute atomic E-state index is 0.00243. The lowest BCUT2D eigenvalue weighted by Crippen LogP contribution is -2.62. The summed E-state index contributed by atoms with van der Waals surface area (Å²) in [5.41, 5.74) is 2.31. The minimum atomic E-state index is -1.30. The number of aliphatic hydroxyl groups excluding tert-OH is 1. The predicted molar refractivity (Wildman–Crippen MR) is 324 cm³/mol. The number of amides is 7. The van der Waals surface area contributed by atoms with Crippen molar-refractivity contribution in [3.63, 3.8) is 0 Å². The number of hydrogen-bond acceptors (Lipinski definition) is 24. The molecule has 31 heteroatoms. The van der Waals surface area contributed by atoms with Gasteiger partial charge >= 0.3 is 5.97 Å². The van der Waals surface area contributed by atoms with Crippen LogP contribution in [0.25, 0.3) is 43.4 Å². The molecule has 11 rings (SSSR count). The van der Waals surface area contributed by atoms with E-state index < -0.39 is 78.4 Å². The number of aryl methyl sites for hydroxylation is 1. The molecule has 10 bridgehead atoms. The van der Waals surface area contributed by atoms with E-state index >= 15 is 0 Å². The minimum Gasteiger partial charge on any atom is -0.458 e. The summed E-state index contributed by atoms with van der Waals surface area (Å²) in [7, 11) is 2.93. The van der Waals surface area contributed by atoms with Gasteiger partial charge in [-0.25, -0.2) is 39.7 Å². The number of fused-ring (bicyclic) bond motifs is 15. The van der Waals surface area contributed by atoms with Crippen LogP contribution in [0.4, 0.5) is 0 Å². The van der Waals surface area contributed by atoms with E-state index in [1.54, 1.807) is 65.5 Å². The lowest BCUT2D eigenvalue weighted by atomic mass is 10.0. The second-order valence-corrected chi connectivity index (χ2v) is 26.3. The van der Waals surface area contributed by atoms with Crippen LogP contribution in [-0.4, -0.2) is 138 Å². The molecular weight excluding hydrogens is 1240 g/mol. The Morgan fingerprint density at radius 1 is 0.713 bits per heavy atom. The van der Waals surface area contributed by atoms with E-state index in [9.17, 15) is 43.5 Å². The molecule has 8 aromatic rings. The maximum Gasteiger partial charge on any atom is 0.357 e. The fourth-order valence-corrected chi connectivity index (χ4v) is 15.4. The highest BCUT2D eigenvalue weighted by Gasteiger charge is 2.44. The Morgan fingerprint density at radius 2 is 1.45 bits per heavy atom. The quantitative estimate of drug-likeness (QED) is 0.0735. The lowest BCUT2D eigenvalue weighted by molar-refractivity contribution is -0.148. The van der Waals surface area contributed by atoms with Crippen LogP contribution in [0.1, 0.15) is 130 Å². The Kier molecular flexibility index (Phi) is 18.1. The fourth-order valence-electron chi connectivity index (χ4n) is 9.86. The van der Waals surface area contributed by atoms with Crippen molar-refractivity contribution in [2.45, 2.75) is 83.0 Å². The van der Waals surface area contributed by atoms with Gasteiger partial charge in [0.1, 0.15) is 95.0 Å². The van der Waals surface area contributed by atoms with Crippen molar-refractivity contribution in [3.8, 4) is 43.4 Å². The molecule has 0 aliphatic carbocycles. The highest BCUT2D eigenvalue weighted by atomic mass is 32.1. The van der Waals surface area contributed by atoms with E-state index in [0.29, 0.717) is 88.1 Å². The molecule has 1 aromatic carbocycles. The first kappa shape index (κ1) is 60.5. The van der Waals surface area contributed by atoms with E-state index in [-0.39, 0.29) is 65.2 Å². The van der Waals surface area contributed by atoms with Crippen molar-refractivity contribution in [1.82, 2.24) is 71.7 Å². The van der Waals surface area contributed by atoms with Crippen LogP contribution >= 0.6 is 68.0 Å². The van der Waals surface area contributed by atoms with Crippen molar-refractivity contribution >= 4 is 115 Å². The predicted octanol–water partition coefficient (Wildman–Crippen LogP) is 5.96. The lowest BCUT2D eigenvalue weighted by Gasteiger charge is -2.34. The molecule has 87 heavy (non-hydrogen) atoms. The monoisotopic (exact) mass is 1290 g/mol. The number of benzene rings is 1. The van der Waals surface area contributed by atoms with Crippen LogP contribution in [-0.2, 0) is 35.3 Å². The number of nitrogens with zero attached hydrogens (tertiary/aromatic N) is 8. The van der Waals surface area contributed by atoms with Crippen molar-refractivity contribution < 1.29 is 52.9 Å². The Morgan fingerprint density at radius 3 is 2.23 bits per heavy atom. The van der Waals surface area contributed by atoms with Crippen molar-refractivity contribution in [2.24, 2.45) is 5.92 Å². The summed E-state index contributed by atoms with van der Waals surface area (Å²) in [5, 5.41) is 37.3. The fraction of sp³-hybridized carbons (Fsp3) is 0.339. The molecule has 2 saturated heterocycles. The van der Waals surface area contributed by atoms with Gasteiger partial charge in [0.2, 0.25) is 23.6 Å². The first-order valence-corrected chi connectivity index (χ1v) is 32.3. The zero-order valence-electron chi connectivity index (χ0n) is 46.9. The smallest absolute Gasteiger partial charge is 0.357 e. The van der Waals surface area contributed by atoms with Crippen LogP contribution in [0.3, 0.4) is 0 Å². The number of carbonyl (C=O) groups is 8. The van der Waals surface area contributed by atoms with Gasteiger partial charge in [0, 0.05) is 52.7 Å². The van der Waals surface area contributed by atoms with Gasteiger partial charge in [-0.15, -0.1) is 68.0 Å². The van der Waals surface area contributed by atoms with Crippen molar-refractivity contribution in [2.75, 3.05) is 33.9 Å². The number of pyridine rings is 1. The molecule has 10 heterocycles. The number of aliphatic hydroxyl groups is 1. The van der Waals surface area contributed by atoms with Crippen LogP contribution in [0, 0.1) is 12.8 Å². The Hall–Kier alpha value is -8.17. The summed E-state index contributed by atoms with van der Waals surface area (Å²) >= 11 is 6.95. The summed E-state index contributed by atoms with van der Waals surface area (Å²) < 4.78 is 11.0. The molecule has 6 unspecified atom stereocenters. The van der Waals surface area contributed by atoms with Crippen molar-refractivity contribution in [3.05, 3.63) is 117 Å². The standard InChI is InChI=1S/C56H54N14O11S6/c1-24(2)39-54-69-42(36(87-54)19-80-5)47(76)58-17-38(72)66-43(44(73)26-10-7-6-8-11-26)53-64-33(22-85-53)51-62-31(20-83-51)41-27(49-63-32(21-82-49)45(74)60-29(16-37(71)57-4)52-68-40(25(3)86-52)48(77)67-39)13-14-28(59-41)50-65-34(23-84-50)56(79)81-18-30-55(78)70-15-9-12-35(70)46(75)61-30/h6-8,10-11,13-14,20-24,29-30,35,39,43-44,73H,9,12,15-19H2,1-5H3,(H,57,71)(H,58,76)(H,60,74)(H,61,75)(H,66,72)(H,67,77). The van der Waals surface area contributed by atoms with Crippen LogP contribution in [0.2, 0.25) is 0 Å². The van der Waals surface area contributed by atoms with E-state index in [2.05, 4.69) is 46.9 Å². The molecule has 0 saturated carbocycles. The number of piperazine rings is 1. The molecular formula is C56H54N14O11S6. The molecule has 2 fully saturated rings. The van der Waals surface area contributed by atoms with Gasteiger partial charge < -0.3 is 51.4 Å². The van der Waals surface area contributed by atoms with Gasteiger partial charge in [0.25, 0.3) is 17.7 Å². The number of methoxy groups -OCH3 is 1. The third-order valence-corrected chi connectivity index (χ3v) is 20.0. The molecule has 0 radical (unpaired) electrons. The number of thiazole rings is 6. The largest absolute Gasteiger partial charge is 0.458 e. The number of aromatic nitrogens is 7. The number of ether oxygens (including phenoxy) is 2. The summed E-state index contributed by atoms with van der Waals surface area (Å²) in [5.74, 6) is -4.64. The summed E-state index contributed by atoms with van der Waals surface area (Å²) in [6.45, 7) is 4.98. The van der Waals surface area contributed by atoms with Crippen molar-refractivity contribution in [1.29, 1.82) is 0 Å². The number of nitrogens with one attached hydrogen (secondary N) is 6. The van der Waals surface area contributed by atoms with Gasteiger partial charge in [-0.05, 0) is 43.4 Å². The summed E-state index contributed by atoms with van der Waals surface area (Å²) in [6.07, 6.45) is -0.256. The number of carbonyl (C=O) groups excluding carboxylic acids is 8. The van der Waals surface area contributed by atoms with E-state index in [1.165, 1.54) is 47.1 Å². The highest BCUT2D eigenvalue weighted by Crippen LogP contribution is 2.40. The molecule has 25 nitrogen and oxygen atoms in total. The SMILES string of the molecule is CNC(=O)CC1NC(=O)c2csc(n2)-c2ccc(-c3nc(C(=O)OCC4NC(=O)C5CCCN5C4=O)cs3)nc2-c2csc(n2)-c2csc(n2)C(C(O)c2ccccc2)NC(=O)CNC(=O)c2nc(sc2COC)C(C(C)C)NC(=O)c2nc1sc2C. The normalized spacial score (nSPS) is 19.5. The number of rotatable bonds is 11. The first-order valence-electron chi connectivity index (χ1n) is 27.2. The molecule has 450 valence electrons. The third kappa shape index (κ3) is 13.0. The van der Waals surface area contributed by atoms with Gasteiger partial charge in [-0.1, -0.05) is 44.2 Å². The van der Waals surface area contributed by atoms with Gasteiger partial charge in [-0.3, -0.25) is 33.6 Å². The van der Waals surface area contributed by atoms with E-state index in [4.69, 9.17) is 29.4 Å². The topological polar surface area (TPSA) is 341 Å². The Labute approximate surface area is 519 Å². The molecule has 6 atom stereocenters. The second-order valence-electron chi connectivity index (χ2n) is 20.5. The zero-order valence-corrected chi connectivity index (χ0v) is 51.8. The molecule has 7 aromatic heterocycles. The van der Waals surface area contributed by atoms with Crippen LogP contribution < -0.4 is 31.9 Å². The zero-order chi connectivity index (χ0) is 61.2. The molecule has 3 aliphatic rings. The first-order chi connectivity index (χ1) is 41.9. The molecule has 7 amide bonds. The number of hydrogen-bond donors (Lipinski definition) is 7. The van der Waals surface area contributed by atoms with Crippen LogP contribution in [0.5, 0.6) is 0 Å². The van der Waals surface area contributed by atoms with E-state index in [1.807, 2.05) is 13.8 Å². The Balaban J connectivity index is 0.954. The second kappa shape index (κ2) is 26.0. The molecule has 3 aliphatic heterocycles. The third-order valence-electron chi connectivity index (χ3n) is 14.3.